The molecular formula is C26H34N2O3V. The van der Waals surface area contributed by atoms with E-state index >= 15 is 0 Å². The zero-order valence-electron chi connectivity index (χ0n) is 20.4. The molecule has 0 amide bonds. The third kappa shape index (κ3) is 7.81. The van der Waals surface area contributed by atoms with Gasteiger partial charge in [-0.15, -0.1) is 0 Å². The van der Waals surface area contributed by atoms with Crippen LogP contribution in [0, 0.1) is 13.8 Å². The molecule has 0 saturated heterocycles. The number of aryl methyl sites for hydroxylation is 2. The van der Waals surface area contributed by atoms with E-state index in [9.17, 15) is 10.2 Å². The smallest absolute Gasteiger partial charge is 2.00 e. The van der Waals surface area contributed by atoms with Gasteiger partial charge in [-0.1, -0.05) is 88.4 Å². The molecule has 0 aliphatic rings. The molecule has 0 aliphatic heterocycles. The van der Waals surface area contributed by atoms with Crippen LogP contribution in [0.25, 0.3) is 0 Å². The summed E-state index contributed by atoms with van der Waals surface area (Å²) in [7, 11) is 0. The van der Waals surface area contributed by atoms with E-state index in [0.717, 1.165) is 22.3 Å². The average Bonchev–Trinajstić information content (AvgIpc) is 2.60. The van der Waals surface area contributed by atoms with E-state index in [4.69, 9.17) is 0 Å². The van der Waals surface area contributed by atoms with Crippen LogP contribution in [0.1, 0.15) is 74.9 Å². The van der Waals surface area contributed by atoms with E-state index in [1.165, 1.54) is 0 Å². The first kappa shape index (κ1) is 29.9. The fourth-order valence-corrected chi connectivity index (χ4v) is 3.35. The summed E-state index contributed by atoms with van der Waals surface area (Å²) >= 11 is 0. The summed E-state index contributed by atoms with van der Waals surface area (Å²) in [5.41, 5.74) is 4.53. The maximum absolute atomic E-state index is 12.7. The summed E-state index contributed by atoms with van der Waals surface area (Å²) in [5, 5.41) is 25.4. The molecule has 32 heavy (non-hydrogen) atoms. The number of benzene rings is 2. The Labute approximate surface area is 204 Å². The Morgan fingerprint density at radius 2 is 1.00 bits per heavy atom. The van der Waals surface area contributed by atoms with Crippen LogP contribution in [0.3, 0.4) is 0 Å². The molecule has 1 radical (unpaired) electrons. The van der Waals surface area contributed by atoms with Crippen molar-refractivity contribution in [2.45, 2.75) is 66.2 Å². The largest absolute Gasteiger partial charge is 4.00 e. The summed E-state index contributed by atoms with van der Waals surface area (Å²) in [4.78, 5) is 8.76. The van der Waals surface area contributed by atoms with Crippen LogP contribution in [0.4, 0.5) is 0 Å². The van der Waals surface area contributed by atoms with Gasteiger partial charge in [0.25, 0.3) is 0 Å². The van der Waals surface area contributed by atoms with Gasteiger partial charge in [0.2, 0.25) is 0 Å². The predicted molar refractivity (Wildman–Crippen MR) is 124 cm³/mol. The summed E-state index contributed by atoms with van der Waals surface area (Å²) < 4.78 is 0. The number of hydrogen-bond donors (Lipinski definition) is 0. The molecule has 0 aromatic heterocycles. The molecule has 0 aliphatic carbocycles. The third-order valence-electron chi connectivity index (χ3n) is 4.96. The standard InChI is InChI=1S/C26H36N2O2.O.V/c1-17-11-19(23(29)21(13-17)25(3,4)5)15-27-9-10-28-16-20-12-18(2)14-22(24(20)30)26(6,7)8;;/h11-16,29-30H,9-10H2,1-8H3;;/q;-2;+4/p-2. The molecule has 6 heteroatoms. The molecule has 0 spiro atoms. The molecule has 0 bridgehead atoms. The molecule has 0 fully saturated rings. The van der Waals surface area contributed by atoms with Crippen molar-refractivity contribution >= 4 is 12.4 Å². The van der Waals surface area contributed by atoms with Crippen LogP contribution >= 0.6 is 0 Å². The van der Waals surface area contributed by atoms with E-state index < -0.39 is 0 Å². The summed E-state index contributed by atoms with van der Waals surface area (Å²) in [6.07, 6.45) is 3.28. The predicted octanol–water partition coefficient (Wildman–Crippen LogP) is 4.46. The van der Waals surface area contributed by atoms with Gasteiger partial charge in [0, 0.05) is 12.4 Å². The quantitative estimate of drug-likeness (QED) is 0.473. The van der Waals surface area contributed by atoms with Gasteiger partial charge in [0.1, 0.15) is 0 Å². The molecule has 2 rings (SSSR count). The van der Waals surface area contributed by atoms with Crippen LogP contribution in [0.2, 0.25) is 0 Å². The first-order valence-corrected chi connectivity index (χ1v) is 10.4. The van der Waals surface area contributed by atoms with Crippen molar-refractivity contribution in [3.05, 3.63) is 57.6 Å². The maximum atomic E-state index is 12.7. The zero-order valence-corrected chi connectivity index (χ0v) is 21.8. The Bertz CT molecular complexity index is 889. The molecule has 0 heterocycles. The van der Waals surface area contributed by atoms with Crippen LogP contribution in [0.15, 0.2) is 34.3 Å². The minimum atomic E-state index is -0.203. The summed E-state index contributed by atoms with van der Waals surface area (Å²) in [6.45, 7) is 17.1. The SMILES string of the molecule is Cc1cc(C=NCCN=Cc2cc(C)cc(C(C)(C)C)c2[O-])c([O-])c(C(C)(C)C)c1.[O-2].[V+4]. The van der Waals surface area contributed by atoms with Crippen molar-refractivity contribution in [3.63, 3.8) is 0 Å². The monoisotopic (exact) mass is 473 g/mol. The Hall–Kier alpha value is -2.08. The number of rotatable bonds is 5. The van der Waals surface area contributed by atoms with Crippen molar-refractivity contribution in [1.82, 2.24) is 0 Å². The second-order valence-corrected chi connectivity index (χ2v) is 10.0. The van der Waals surface area contributed by atoms with E-state index in [-0.39, 0.29) is 46.4 Å². The van der Waals surface area contributed by atoms with Gasteiger partial charge in [-0.3, -0.25) is 9.98 Å². The van der Waals surface area contributed by atoms with E-state index in [2.05, 4.69) is 9.98 Å². The fraction of sp³-hybridized carbons (Fsp3) is 0.462. The molecule has 0 N–H and O–H groups in total. The Morgan fingerprint density at radius 1 is 0.688 bits per heavy atom. The Kier molecular flexibility index (Phi) is 10.9. The molecular weight excluding hydrogens is 439 g/mol. The average molecular weight is 474 g/mol. The molecule has 0 saturated carbocycles. The number of nitrogens with zero attached hydrogens (tertiary/aromatic N) is 2. The third-order valence-corrected chi connectivity index (χ3v) is 4.96. The van der Waals surface area contributed by atoms with E-state index in [1.807, 2.05) is 79.7 Å². The van der Waals surface area contributed by atoms with Gasteiger partial charge in [0.05, 0.1) is 13.1 Å². The van der Waals surface area contributed by atoms with Gasteiger partial charge in [-0.2, -0.15) is 0 Å². The number of hydrogen-bond acceptors (Lipinski definition) is 4. The van der Waals surface area contributed by atoms with Gasteiger partial charge in [-0.25, -0.2) is 0 Å². The van der Waals surface area contributed by atoms with Crippen molar-refractivity contribution in [2.75, 3.05) is 13.1 Å². The summed E-state index contributed by atoms with van der Waals surface area (Å²) in [5.74, 6) is 0.0663. The molecule has 2 aromatic rings. The Balaban J connectivity index is 0.00000480. The van der Waals surface area contributed by atoms with Gasteiger partial charge in [0.15, 0.2) is 0 Å². The van der Waals surface area contributed by atoms with E-state index in [0.29, 0.717) is 24.2 Å². The first-order chi connectivity index (χ1) is 13.8. The molecule has 171 valence electrons. The maximum Gasteiger partial charge on any atom is 4.00 e. The zero-order chi connectivity index (χ0) is 22.7. The topological polar surface area (TPSA) is 99.3 Å². The second-order valence-electron chi connectivity index (χ2n) is 10.0. The summed E-state index contributed by atoms with van der Waals surface area (Å²) in [6, 6.07) is 7.65. The minimum Gasteiger partial charge on any atom is -2.00 e. The van der Waals surface area contributed by atoms with Crippen LogP contribution in [-0.4, -0.2) is 25.5 Å². The van der Waals surface area contributed by atoms with Crippen molar-refractivity contribution in [2.24, 2.45) is 9.98 Å². The first-order valence-electron chi connectivity index (χ1n) is 10.4. The van der Waals surface area contributed by atoms with Crippen LogP contribution in [0.5, 0.6) is 11.5 Å². The van der Waals surface area contributed by atoms with Crippen molar-refractivity contribution in [3.8, 4) is 11.5 Å². The number of aliphatic imine (C=N–C) groups is 2. The van der Waals surface area contributed by atoms with Gasteiger partial charge < -0.3 is 15.7 Å². The molecule has 0 unspecified atom stereocenters. The van der Waals surface area contributed by atoms with Crippen molar-refractivity contribution < 1.29 is 34.2 Å². The van der Waals surface area contributed by atoms with Gasteiger partial charge >= 0.3 is 18.6 Å². The minimum absolute atomic E-state index is 0. The van der Waals surface area contributed by atoms with Crippen LogP contribution < -0.4 is 10.2 Å². The van der Waals surface area contributed by atoms with Crippen molar-refractivity contribution in [1.29, 1.82) is 0 Å². The van der Waals surface area contributed by atoms with Crippen LogP contribution in [-0.2, 0) is 34.9 Å². The Morgan fingerprint density at radius 3 is 1.28 bits per heavy atom. The fourth-order valence-electron chi connectivity index (χ4n) is 3.35. The van der Waals surface area contributed by atoms with E-state index in [1.54, 1.807) is 12.4 Å². The molecule has 0 atom stereocenters. The second kappa shape index (κ2) is 11.7. The normalized spacial score (nSPS) is 12.1. The van der Waals surface area contributed by atoms with Gasteiger partial charge in [-0.05, 0) is 46.9 Å². The molecule has 2 aromatic carbocycles. The molecule has 5 nitrogen and oxygen atoms in total.